The smallest absolute Gasteiger partial charge is 0.407 e. The van der Waals surface area contributed by atoms with Gasteiger partial charge in [0.1, 0.15) is 13.2 Å². The fourth-order valence-electron chi connectivity index (χ4n) is 6.08. The second kappa shape index (κ2) is 22.9. The monoisotopic (exact) mass is 834 g/mol. The molecule has 3 rings (SSSR count). The summed E-state index contributed by atoms with van der Waals surface area (Å²) in [4.78, 5) is 65.8. The summed E-state index contributed by atoms with van der Waals surface area (Å²) in [7, 11) is 0. The molecule has 15 nitrogen and oxygen atoms in total. The van der Waals surface area contributed by atoms with Crippen LogP contribution in [0.1, 0.15) is 104 Å². The van der Waals surface area contributed by atoms with E-state index in [2.05, 4.69) is 57.5 Å². The number of amides is 4. The number of anilines is 1. The van der Waals surface area contributed by atoms with Gasteiger partial charge in [0.05, 0.1) is 42.6 Å². The van der Waals surface area contributed by atoms with Crippen molar-refractivity contribution < 1.29 is 38.2 Å². The van der Waals surface area contributed by atoms with E-state index >= 15 is 0 Å². The summed E-state index contributed by atoms with van der Waals surface area (Å²) in [6.45, 7) is 19.5. The molecule has 1 heterocycles. The van der Waals surface area contributed by atoms with Crippen molar-refractivity contribution in [1.29, 1.82) is 0 Å². The first-order chi connectivity index (χ1) is 28.1. The number of carbonyl (C=O) groups is 5. The van der Waals surface area contributed by atoms with Crippen LogP contribution in [0.3, 0.4) is 0 Å². The average molecular weight is 834 g/mol. The summed E-state index contributed by atoms with van der Waals surface area (Å²) in [5, 5.41) is 17.6. The number of nitrogens with zero attached hydrogens (tertiary/aromatic N) is 3. The van der Waals surface area contributed by atoms with Crippen molar-refractivity contribution in [2.45, 2.75) is 120 Å². The molecule has 330 valence electrons. The highest BCUT2D eigenvalue weighted by Gasteiger charge is 2.29. The van der Waals surface area contributed by atoms with Crippen LogP contribution in [0.4, 0.5) is 15.3 Å². The van der Waals surface area contributed by atoms with Crippen LogP contribution < -0.4 is 21.7 Å². The predicted molar refractivity (Wildman–Crippen MR) is 230 cm³/mol. The molecule has 5 N–H and O–H groups in total. The molecule has 0 fully saturated rings. The Morgan fingerprint density at radius 1 is 0.767 bits per heavy atom. The van der Waals surface area contributed by atoms with Crippen molar-refractivity contribution in [1.82, 2.24) is 25.6 Å². The molecule has 15 heteroatoms. The molecule has 0 aliphatic heterocycles. The molecule has 0 unspecified atom stereocenters. The van der Waals surface area contributed by atoms with Crippen LogP contribution in [0.15, 0.2) is 54.6 Å². The number of alkyl carbamates (subject to hydrolysis) is 1. The third-order valence-electron chi connectivity index (χ3n) is 9.11. The molecule has 0 bridgehead atoms. The van der Waals surface area contributed by atoms with Crippen molar-refractivity contribution in [2.75, 3.05) is 31.7 Å². The zero-order valence-corrected chi connectivity index (χ0v) is 37.0. The molecular formula is C45H67N7O8. The van der Waals surface area contributed by atoms with Gasteiger partial charge >= 0.3 is 18.1 Å². The maximum atomic E-state index is 13.9. The van der Waals surface area contributed by atoms with Gasteiger partial charge in [0, 0.05) is 24.6 Å². The van der Waals surface area contributed by atoms with Crippen molar-refractivity contribution >= 4 is 35.5 Å². The van der Waals surface area contributed by atoms with Crippen molar-refractivity contribution in [3.8, 4) is 0 Å². The molecule has 0 spiro atoms. The maximum absolute atomic E-state index is 13.9. The van der Waals surface area contributed by atoms with Crippen LogP contribution in [0.5, 0.6) is 0 Å². The topological polar surface area (TPSA) is 206 Å². The molecule has 0 saturated heterocycles. The normalized spacial score (nSPS) is 12.9. The van der Waals surface area contributed by atoms with E-state index in [1.165, 1.54) is 0 Å². The second-order valence-corrected chi connectivity index (χ2v) is 18.6. The quantitative estimate of drug-likeness (QED) is 0.0634. The number of hydrogen-bond donors (Lipinski definition) is 4. The molecule has 1 aromatic heterocycles. The second-order valence-electron chi connectivity index (χ2n) is 18.6. The van der Waals surface area contributed by atoms with Crippen LogP contribution in [0.2, 0.25) is 0 Å². The number of rotatable bonds is 22. The van der Waals surface area contributed by atoms with Gasteiger partial charge in [0.2, 0.25) is 5.91 Å². The minimum Gasteiger partial charge on any atom is -0.460 e. The third kappa shape index (κ3) is 19.2. The fraction of sp³-hybridized carbons (Fsp3) is 0.578. The maximum Gasteiger partial charge on any atom is 0.407 e. The van der Waals surface area contributed by atoms with E-state index in [0.717, 1.165) is 35.4 Å². The largest absolute Gasteiger partial charge is 0.460 e. The van der Waals surface area contributed by atoms with Crippen LogP contribution in [-0.4, -0.2) is 77.2 Å². The highest BCUT2D eigenvalue weighted by Crippen LogP contribution is 2.26. The number of primary amides is 1. The van der Waals surface area contributed by atoms with Crippen LogP contribution in [-0.2, 0) is 61.0 Å². The Morgan fingerprint density at radius 2 is 1.38 bits per heavy atom. The average Bonchev–Trinajstić information content (AvgIpc) is 3.50. The Kier molecular flexibility index (Phi) is 18.7. The van der Waals surface area contributed by atoms with Gasteiger partial charge in [0.15, 0.2) is 5.78 Å². The van der Waals surface area contributed by atoms with Gasteiger partial charge in [-0.05, 0) is 87.0 Å². The minimum absolute atomic E-state index is 0.0507. The van der Waals surface area contributed by atoms with Gasteiger partial charge in [-0.3, -0.25) is 14.4 Å². The first kappa shape index (κ1) is 49.1. The van der Waals surface area contributed by atoms with E-state index in [1.54, 1.807) is 49.8 Å². The number of carbonyl (C=O) groups excluding carboxylic acids is 5. The lowest BCUT2D eigenvalue weighted by Crippen LogP contribution is -2.44. The molecule has 0 aliphatic carbocycles. The summed E-state index contributed by atoms with van der Waals surface area (Å²) in [5.74, 6) is -1.91. The lowest BCUT2D eigenvalue weighted by Gasteiger charge is -2.22. The SMILES string of the molecule is CC(C)(C)Cc1nn(CCOCCOC(=O)N[C@H](Cc2ccccc2)C(=O)C[C@@H](CCCNC(N)=O)C(=O)Nc2ccc(COC(=O)C(C)(C)C)cc2)nc1CC(C)(C)C. The van der Waals surface area contributed by atoms with Gasteiger partial charge in [-0.1, -0.05) is 84.0 Å². The zero-order chi connectivity index (χ0) is 44.5. The number of Topliss-reactive ketones (excluding diaryl/α,β-unsaturated/α-hetero) is 1. The van der Waals surface area contributed by atoms with Crippen molar-refractivity contribution in [3.05, 3.63) is 77.1 Å². The van der Waals surface area contributed by atoms with Gasteiger partial charge < -0.3 is 35.9 Å². The molecule has 0 saturated carbocycles. The van der Waals surface area contributed by atoms with E-state index in [-0.39, 0.29) is 68.2 Å². The molecule has 0 radical (unpaired) electrons. The first-order valence-corrected chi connectivity index (χ1v) is 20.7. The van der Waals surface area contributed by atoms with Gasteiger partial charge in [-0.2, -0.15) is 15.0 Å². The Morgan fingerprint density at radius 3 is 1.95 bits per heavy atom. The summed E-state index contributed by atoms with van der Waals surface area (Å²) < 4.78 is 16.5. The summed E-state index contributed by atoms with van der Waals surface area (Å²) in [5.41, 5.74) is 8.75. The third-order valence-corrected chi connectivity index (χ3v) is 9.11. The lowest BCUT2D eigenvalue weighted by atomic mass is 9.86. The minimum atomic E-state index is -0.995. The van der Waals surface area contributed by atoms with Gasteiger partial charge in [-0.25, -0.2) is 9.59 Å². The predicted octanol–water partition coefficient (Wildman–Crippen LogP) is 6.56. The zero-order valence-electron chi connectivity index (χ0n) is 37.0. The molecule has 4 amide bonds. The lowest BCUT2D eigenvalue weighted by molar-refractivity contribution is -0.154. The summed E-state index contributed by atoms with van der Waals surface area (Å²) in [6, 6.07) is 14.4. The van der Waals surface area contributed by atoms with Gasteiger partial charge in [-0.15, -0.1) is 0 Å². The number of nitrogens with two attached hydrogens (primary N) is 1. The highest BCUT2D eigenvalue weighted by atomic mass is 16.6. The molecule has 0 aliphatic rings. The number of benzene rings is 2. The number of aromatic nitrogens is 3. The Bertz CT molecular complexity index is 1810. The number of ether oxygens (including phenoxy) is 3. The summed E-state index contributed by atoms with van der Waals surface area (Å²) in [6.07, 6.45) is 1.44. The number of urea groups is 1. The number of esters is 1. The van der Waals surface area contributed by atoms with Crippen molar-refractivity contribution in [2.24, 2.45) is 27.9 Å². The van der Waals surface area contributed by atoms with Crippen LogP contribution in [0, 0.1) is 22.2 Å². The van der Waals surface area contributed by atoms with E-state index in [0.29, 0.717) is 25.3 Å². The van der Waals surface area contributed by atoms with E-state index in [9.17, 15) is 24.0 Å². The molecule has 3 aromatic rings. The van der Waals surface area contributed by atoms with Gasteiger partial charge in [0.25, 0.3) is 0 Å². The first-order valence-electron chi connectivity index (χ1n) is 20.7. The highest BCUT2D eigenvalue weighted by molar-refractivity contribution is 5.97. The Hall–Kier alpha value is -5.31. The number of ketones is 1. The van der Waals surface area contributed by atoms with Crippen molar-refractivity contribution in [3.63, 3.8) is 0 Å². The molecule has 2 aromatic carbocycles. The standard InChI is InChI=1S/C45H67N7O8/c1-43(2,3)28-36-37(29-44(4,5)6)51-52(50-36)22-23-58-24-25-59-42(57)49-35(26-31-14-11-10-12-15-31)38(53)27-33(16-13-21-47-41(46)56)39(54)48-34-19-17-32(18-20-34)30-60-40(55)45(7,8)9/h10-12,14-15,17-20,33,35H,13,16,21-30H2,1-9H3,(H,48,54)(H,49,57)(H3,46,47,56)/t33-,35-/m1/s1. The van der Waals surface area contributed by atoms with E-state index in [1.807, 2.05) is 30.3 Å². The molecule has 2 atom stereocenters. The number of nitrogens with one attached hydrogen (secondary N) is 3. The fourth-order valence-corrected chi connectivity index (χ4v) is 6.08. The van der Waals surface area contributed by atoms with E-state index in [4.69, 9.17) is 30.1 Å². The van der Waals surface area contributed by atoms with Crippen LogP contribution >= 0.6 is 0 Å². The molecular weight excluding hydrogens is 767 g/mol. The Balaban J connectivity index is 1.61. The molecule has 60 heavy (non-hydrogen) atoms. The summed E-state index contributed by atoms with van der Waals surface area (Å²) >= 11 is 0. The van der Waals surface area contributed by atoms with Crippen LogP contribution in [0.25, 0.3) is 0 Å². The number of hydrogen-bond acceptors (Lipinski definition) is 10. The van der Waals surface area contributed by atoms with E-state index < -0.39 is 35.4 Å². The Labute approximate surface area is 355 Å².